The van der Waals surface area contributed by atoms with Crippen molar-refractivity contribution < 1.29 is 4.74 Å². The Kier molecular flexibility index (Phi) is 4.66. The summed E-state index contributed by atoms with van der Waals surface area (Å²) in [5.74, 6) is 0. The second-order valence-electron chi connectivity index (χ2n) is 3.00. The molecule has 14 heavy (non-hydrogen) atoms. The second kappa shape index (κ2) is 5.54. The van der Waals surface area contributed by atoms with Crippen molar-refractivity contribution in [1.82, 2.24) is 0 Å². The molecule has 76 valence electrons. The van der Waals surface area contributed by atoms with Crippen LogP contribution in [0.3, 0.4) is 0 Å². The van der Waals surface area contributed by atoms with Gasteiger partial charge in [-0.15, -0.1) is 6.58 Å². The van der Waals surface area contributed by atoms with Crippen LogP contribution < -0.4 is 0 Å². The number of ether oxygens (including phenoxy) is 1. The van der Waals surface area contributed by atoms with Crippen LogP contribution in [0.1, 0.15) is 11.1 Å². The van der Waals surface area contributed by atoms with Crippen LogP contribution in [0.4, 0.5) is 0 Å². The molecule has 0 aliphatic carbocycles. The average Bonchev–Trinajstić information content (AvgIpc) is 2.14. The van der Waals surface area contributed by atoms with Gasteiger partial charge in [0.2, 0.25) is 0 Å². The number of hydrogen-bond acceptors (Lipinski definition) is 1. The molecular formula is C11H12BrClO. The van der Waals surface area contributed by atoms with Crippen LogP contribution in [0.25, 0.3) is 0 Å². The first kappa shape index (κ1) is 11.8. The lowest BCUT2D eigenvalue weighted by Gasteiger charge is -2.07. The molecule has 0 saturated carbocycles. The summed E-state index contributed by atoms with van der Waals surface area (Å²) in [6, 6.07) is 3.92. The first-order valence-corrected chi connectivity index (χ1v) is 5.45. The molecule has 1 aromatic rings. The molecule has 0 bridgehead atoms. The molecule has 0 aromatic heterocycles. The van der Waals surface area contributed by atoms with Crippen LogP contribution in [0.2, 0.25) is 5.02 Å². The minimum atomic E-state index is 0.518. The number of benzene rings is 1. The van der Waals surface area contributed by atoms with E-state index >= 15 is 0 Å². The Bertz CT molecular complexity index is 336. The average molecular weight is 276 g/mol. The lowest BCUT2D eigenvalue weighted by atomic mass is 10.1. The molecule has 1 rings (SSSR count). The van der Waals surface area contributed by atoms with Gasteiger partial charge in [0.25, 0.3) is 0 Å². The van der Waals surface area contributed by atoms with Gasteiger partial charge >= 0.3 is 0 Å². The van der Waals surface area contributed by atoms with Crippen molar-refractivity contribution in [3.8, 4) is 0 Å². The van der Waals surface area contributed by atoms with Crippen LogP contribution >= 0.6 is 27.5 Å². The van der Waals surface area contributed by atoms with Crippen molar-refractivity contribution in [3.63, 3.8) is 0 Å². The summed E-state index contributed by atoms with van der Waals surface area (Å²) in [7, 11) is 0. The molecule has 0 spiro atoms. The maximum absolute atomic E-state index is 6.05. The highest BCUT2D eigenvalue weighted by atomic mass is 79.9. The molecule has 0 amide bonds. The fourth-order valence-electron chi connectivity index (χ4n) is 1.05. The molecule has 0 aliphatic heterocycles. The normalized spacial score (nSPS) is 10.2. The summed E-state index contributed by atoms with van der Waals surface area (Å²) < 4.78 is 6.38. The van der Waals surface area contributed by atoms with E-state index in [4.69, 9.17) is 16.3 Å². The van der Waals surface area contributed by atoms with E-state index < -0.39 is 0 Å². The van der Waals surface area contributed by atoms with Crippen molar-refractivity contribution >= 4 is 27.5 Å². The van der Waals surface area contributed by atoms with Gasteiger partial charge in [-0.3, -0.25) is 0 Å². The predicted molar refractivity (Wildman–Crippen MR) is 63.7 cm³/mol. The molecule has 0 unspecified atom stereocenters. The highest BCUT2D eigenvalue weighted by Crippen LogP contribution is 2.25. The summed E-state index contributed by atoms with van der Waals surface area (Å²) in [5, 5.41) is 0.745. The Morgan fingerprint density at radius 1 is 1.57 bits per heavy atom. The minimum Gasteiger partial charge on any atom is -0.373 e. The number of rotatable bonds is 4. The van der Waals surface area contributed by atoms with Gasteiger partial charge in [0, 0.05) is 9.50 Å². The SMILES string of the molecule is C=CCOCc1cc(Br)c(C)cc1Cl. The van der Waals surface area contributed by atoms with Crippen LogP contribution in [0, 0.1) is 6.92 Å². The van der Waals surface area contributed by atoms with Gasteiger partial charge in [-0.25, -0.2) is 0 Å². The second-order valence-corrected chi connectivity index (χ2v) is 4.26. The van der Waals surface area contributed by atoms with Gasteiger partial charge in [-0.05, 0) is 30.2 Å². The zero-order valence-corrected chi connectivity index (χ0v) is 10.4. The van der Waals surface area contributed by atoms with Gasteiger partial charge in [0.1, 0.15) is 0 Å². The van der Waals surface area contributed by atoms with Crippen LogP contribution in [-0.4, -0.2) is 6.61 Å². The zero-order valence-electron chi connectivity index (χ0n) is 8.02. The molecular weight excluding hydrogens is 263 g/mol. The van der Waals surface area contributed by atoms with Gasteiger partial charge in [0.15, 0.2) is 0 Å². The van der Waals surface area contributed by atoms with E-state index in [9.17, 15) is 0 Å². The van der Waals surface area contributed by atoms with Gasteiger partial charge in [-0.1, -0.05) is 33.6 Å². The molecule has 0 saturated heterocycles. The van der Waals surface area contributed by atoms with Crippen LogP contribution in [0.15, 0.2) is 29.3 Å². The Hall–Kier alpha value is -0.310. The van der Waals surface area contributed by atoms with E-state index in [1.165, 1.54) is 0 Å². The Labute approximate surface area is 97.9 Å². The van der Waals surface area contributed by atoms with Crippen molar-refractivity contribution in [3.05, 3.63) is 45.4 Å². The molecule has 3 heteroatoms. The smallest absolute Gasteiger partial charge is 0.0736 e. The molecule has 0 aliphatic rings. The lowest BCUT2D eigenvalue weighted by Crippen LogP contribution is -1.94. The first-order valence-electron chi connectivity index (χ1n) is 4.28. The number of hydrogen-bond donors (Lipinski definition) is 0. The molecule has 0 N–H and O–H groups in total. The van der Waals surface area contributed by atoms with E-state index in [1.54, 1.807) is 6.08 Å². The fourth-order valence-corrected chi connectivity index (χ4v) is 1.71. The van der Waals surface area contributed by atoms with Gasteiger partial charge < -0.3 is 4.74 Å². The Morgan fingerprint density at radius 2 is 2.29 bits per heavy atom. The largest absolute Gasteiger partial charge is 0.373 e. The Morgan fingerprint density at radius 3 is 2.93 bits per heavy atom. The highest BCUT2D eigenvalue weighted by Gasteiger charge is 2.03. The van der Waals surface area contributed by atoms with Crippen LogP contribution in [0.5, 0.6) is 0 Å². The quantitative estimate of drug-likeness (QED) is 0.593. The van der Waals surface area contributed by atoms with Crippen molar-refractivity contribution in [2.24, 2.45) is 0 Å². The third-order valence-corrected chi connectivity index (χ3v) is 3.03. The first-order chi connectivity index (χ1) is 6.65. The van der Waals surface area contributed by atoms with E-state index in [2.05, 4.69) is 22.5 Å². The Balaban J connectivity index is 2.76. The minimum absolute atomic E-state index is 0.518. The van der Waals surface area contributed by atoms with E-state index in [0.29, 0.717) is 13.2 Å². The maximum Gasteiger partial charge on any atom is 0.0736 e. The van der Waals surface area contributed by atoms with E-state index in [1.807, 2.05) is 19.1 Å². The molecule has 1 nitrogen and oxygen atoms in total. The predicted octanol–water partition coefficient (Wildman–Crippen LogP) is 4.11. The third kappa shape index (κ3) is 3.12. The van der Waals surface area contributed by atoms with E-state index in [-0.39, 0.29) is 0 Å². The molecule has 0 atom stereocenters. The third-order valence-electron chi connectivity index (χ3n) is 1.82. The summed E-state index contributed by atoms with van der Waals surface area (Å²) in [4.78, 5) is 0. The molecule has 0 heterocycles. The number of halogens is 2. The summed E-state index contributed by atoms with van der Waals surface area (Å²) in [5.41, 5.74) is 2.12. The molecule has 1 aromatic carbocycles. The standard InChI is InChI=1S/C11H12BrClO/c1-3-4-14-7-9-6-10(12)8(2)5-11(9)13/h3,5-6H,1,4,7H2,2H3. The highest BCUT2D eigenvalue weighted by molar-refractivity contribution is 9.10. The maximum atomic E-state index is 6.05. The summed E-state index contributed by atoms with van der Waals surface area (Å²) in [6.45, 7) is 6.64. The zero-order chi connectivity index (χ0) is 10.6. The number of aryl methyl sites for hydroxylation is 1. The van der Waals surface area contributed by atoms with Gasteiger partial charge in [-0.2, -0.15) is 0 Å². The van der Waals surface area contributed by atoms with Gasteiger partial charge in [0.05, 0.1) is 13.2 Å². The van der Waals surface area contributed by atoms with E-state index in [0.717, 1.165) is 20.6 Å². The lowest BCUT2D eigenvalue weighted by molar-refractivity contribution is 0.149. The van der Waals surface area contributed by atoms with Crippen LogP contribution in [-0.2, 0) is 11.3 Å². The molecule has 0 radical (unpaired) electrons. The monoisotopic (exact) mass is 274 g/mol. The summed E-state index contributed by atoms with van der Waals surface area (Å²) in [6.07, 6.45) is 1.72. The molecule has 0 fully saturated rings. The summed E-state index contributed by atoms with van der Waals surface area (Å²) >= 11 is 9.51. The topological polar surface area (TPSA) is 9.23 Å². The van der Waals surface area contributed by atoms with Crippen molar-refractivity contribution in [1.29, 1.82) is 0 Å². The van der Waals surface area contributed by atoms with Crippen molar-refractivity contribution in [2.45, 2.75) is 13.5 Å². The fraction of sp³-hybridized carbons (Fsp3) is 0.273. The van der Waals surface area contributed by atoms with Crippen molar-refractivity contribution in [2.75, 3.05) is 6.61 Å².